The predicted molar refractivity (Wildman–Crippen MR) is 67.2 cm³/mol. The largest absolute Gasteiger partial charge is 0.392 e. The molecule has 2 atom stereocenters. The maximum Gasteiger partial charge on any atom is 0.241 e. The number of carbonyl (C=O) groups is 1. The van der Waals surface area contributed by atoms with Gasteiger partial charge in [-0.1, -0.05) is 11.6 Å². The second kappa shape index (κ2) is 5.36. The molecule has 1 amide bonds. The Labute approximate surface area is 109 Å². The topological polar surface area (TPSA) is 85.2 Å². The van der Waals surface area contributed by atoms with E-state index in [1.54, 1.807) is 12.1 Å². The van der Waals surface area contributed by atoms with Crippen LogP contribution in [0.2, 0.25) is 5.02 Å². The van der Waals surface area contributed by atoms with Gasteiger partial charge < -0.3 is 15.7 Å². The number of nitrogens with zero attached hydrogens (tertiary/aromatic N) is 1. The van der Waals surface area contributed by atoms with Gasteiger partial charge >= 0.3 is 0 Å². The molecule has 2 rings (SSSR count). The van der Waals surface area contributed by atoms with Crippen LogP contribution in [0.5, 0.6) is 0 Å². The highest BCUT2D eigenvalue weighted by atomic mass is 35.5. The van der Waals surface area contributed by atoms with Crippen LogP contribution < -0.4 is 10.6 Å². The SMILES string of the molecule is N#Cc1cc(NC(=O)C2CC(O)CN2)ccc1Cl. The fraction of sp³-hybridized carbons (Fsp3) is 0.333. The zero-order chi connectivity index (χ0) is 13.1. The molecule has 1 aliphatic rings. The molecule has 2 unspecified atom stereocenters. The van der Waals surface area contributed by atoms with Crippen molar-refractivity contribution in [2.24, 2.45) is 0 Å². The van der Waals surface area contributed by atoms with Crippen LogP contribution in [0.15, 0.2) is 18.2 Å². The Hall–Kier alpha value is -1.61. The van der Waals surface area contributed by atoms with Crippen molar-refractivity contribution in [3.8, 4) is 6.07 Å². The summed E-state index contributed by atoms with van der Waals surface area (Å²) < 4.78 is 0. The molecule has 6 heteroatoms. The fourth-order valence-corrected chi connectivity index (χ4v) is 1.99. The third-order valence-corrected chi connectivity index (χ3v) is 3.11. The molecule has 94 valence electrons. The van der Waals surface area contributed by atoms with Gasteiger partial charge in [0.2, 0.25) is 5.91 Å². The van der Waals surface area contributed by atoms with E-state index < -0.39 is 12.1 Å². The average Bonchev–Trinajstić information content (AvgIpc) is 2.78. The van der Waals surface area contributed by atoms with Gasteiger partial charge in [-0.25, -0.2) is 0 Å². The first-order chi connectivity index (χ1) is 8.60. The van der Waals surface area contributed by atoms with Crippen molar-refractivity contribution in [2.75, 3.05) is 11.9 Å². The van der Waals surface area contributed by atoms with Crippen LogP contribution >= 0.6 is 11.6 Å². The molecule has 0 aromatic heterocycles. The fourth-order valence-electron chi connectivity index (χ4n) is 1.83. The number of nitriles is 1. The summed E-state index contributed by atoms with van der Waals surface area (Å²) in [6, 6.07) is 6.26. The lowest BCUT2D eigenvalue weighted by Crippen LogP contribution is -2.35. The first-order valence-corrected chi connectivity index (χ1v) is 5.90. The highest BCUT2D eigenvalue weighted by molar-refractivity contribution is 6.31. The summed E-state index contributed by atoms with van der Waals surface area (Å²) in [4.78, 5) is 11.8. The van der Waals surface area contributed by atoms with Crippen LogP contribution in [0.4, 0.5) is 5.69 Å². The molecule has 5 nitrogen and oxygen atoms in total. The third-order valence-electron chi connectivity index (χ3n) is 2.78. The van der Waals surface area contributed by atoms with Gasteiger partial charge in [-0.3, -0.25) is 4.79 Å². The molecule has 0 saturated carbocycles. The Bertz CT molecular complexity index is 513. The van der Waals surface area contributed by atoms with Gasteiger partial charge in [-0.05, 0) is 24.6 Å². The van der Waals surface area contributed by atoms with Gasteiger partial charge in [-0.15, -0.1) is 0 Å². The smallest absolute Gasteiger partial charge is 0.241 e. The summed E-state index contributed by atoms with van der Waals surface area (Å²) in [5.41, 5.74) is 0.832. The number of hydrogen-bond acceptors (Lipinski definition) is 4. The van der Waals surface area contributed by atoms with E-state index in [0.29, 0.717) is 29.2 Å². The molecule has 1 aromatic rings. The van der Waals surface area contributed by atoms with Crippen molar-refractivity contribution < 1.29 is 9.90 Å². The third kappa shape index (κ3) is 2.79. The van der Waals surface area contributed by atoms with Crippen molar-refractivity contribution in [3.05, 3.63) is 28.8 Å². The number of amides is 1. The number of aliphatic hydroxyl groups excluding tert-OH is 1. The lowest BCUT2D eigenvalue weighted by Gasteiger charge is -2.11. The van der Waals surface area contributed by atoms with Crippen LogP contribution in [0.25, 0.3) is 0 Å². The van der Waals surface area contributed by atoms with Gasteiger partial charge in [0, 0.05) is 12.2 Å². The average molecular weight is 266 g/mol. The van der Waals surface area contributed by atoms with Gasteiger partial charge in [0.25, 0.3) is 0 Å². The van der Waals surface area contributed by atoms with Crippen molar-refractivity contribution in [1.29, 1.82) is 5.26 Å². The molecular weight excluding hydrogens is 254 g/mol. The molecule has 0 spiro atoms. The molecule has 1 aromatic carbocycles. The van der Waals surface area contributed by atoms with E-state index in [4.69, 9.17) is 16.9 Å². The summed E-state index contributed by atoms with van der Waals surface area (Å²) in [6.45, 7) is 0.419. The highest BCUT2D eigenvalue weighted by Crippen LogP contribution is 2.20. The number of carbonyl (C=O) groups excluding carboxylic acids is 1. The van der Waals surface area contributed by atoms with Gasteiger partial charge in [0.1, 0.15) is 6.07 Å². The number of β-amino-alcohol motifs (C(OH)–C–C–N with tert-alkyl or cyclic N) is 1. The molecule has 1 heterocycles. The van der Waals surface area contributed by atoms with Gasteiger partial charge in [0.05, 0.1) is 22.7 Å². The van der Waals surface area contributed by atoms with E-state index in [1.807, 2.05) is 6.07 Å². The highest BCUT2D eigenvalue weighted by Gasteiger charge is 2.27. The van der Waals surface area contributed by atoms with Crippen LogP contribution in [-0.4, -0.2) is 29.7 Å². The Morgan fingerprint density at radius 1 is 1.61 bits per heavy atom. The number of benzene rings is 1. The van der Waals surface area contributed by atoms with Crippen LogP contribution in [0.3, 0.4) is 0 Å². The standard InChI is InChI=1S/C12H12ClN3O2/c13-10-2-1-8(3-7(10)5-14)16-12(18)11-4-9(17)6-15-11/h1-3,9,11,15,17H,4,6H2,(H,16,18). The Morgan fingerprint density at radius 3 is 3.00 bits per heavy atom. The van der Waals surface area contributed by atoms with E-state index in [0.717, 1.165) is 0 Å². The Balaban J connectivity index is 2.06. The maximum absolute atomic E-state index is 11.8. The quantitative estimate of drug-likeness (QED) is 0.741. The minimum Gasteiger partial charge on any atom is -0.392 e. The van der Waals surface area contributed by atoms with E-state index in [-0.39, 0.29) is 5.91 Å². The van der Waals surface area contributed by atoms with Crippen molar-refractivity contribution in [1.82, 2.24) is 5.32 Å². The number of anilines is 1. The molecule has 0 radical (unpaired) electrons. The lowest BCUT2D eigenvalue weighted by atomic mass is 10.1. The van der Waals surface area contributed by atoms with Crippen LogP contribution in [0, 0.1) is 11.3 Å². The zero-order valence-corrected chi connectivity index (χ0v) is 10.2. The molecule has 0 bridgehead atoms. The van der Waals surface area contributed by atoms with Gasteiger partial charge in [-0.2, -0.15) is 5.26 Å². The van der Waals surface area contributed by atoms with E-state index in [1.165, 1.54) is 6.07 Å². The van der Waals surface area contributed by atoms with Crippen molar-refractivity contribution in [2.45, 2.75) is 18.6 Å². The van der Waals surface area contributed by atoms with E-state index in [2.05, 4.69) is 10.6 Å². The number of hydrogen-bond donors (Lipinski definition) is 3. The summed E-state index contributed by atoms with van der Waals surface area (Å²) >= 11 is 5.80. The molecule has 1 fully saturated rings. The van der Waals surface area contributed by atoms with E-state index in [9.17, 15) is 9.90 Å². The Morgan fingerprint density at radius 2 is 2.39 bits per heavy atom. The second-order valence-corrected chi connectivity index (χ2v) is 4.55. The summed E-state index contributed by atoms with van der Waals surface area (Å²) in [5, 5.41) is 24.1. The monoisotopic (exact) mass is 265 g/mol. The zero-order valence-electron chi connectivity index (χ0n) is 9.48. The van der Waals surface area contributed by atoms with Crippen LogP contribution in [-0.2, 0) is 4.79 Å². The number of nitrogens with one attached hydrogen (secondary N) is 2. The van der Waals surface area contributed by atoms with Crippen LogP contribution in [0.1, 0.15) is 12.0 Å². The molecule has 3 N–H and O–H groups in total. The summed E-state index contributed by atoms with van der Waals surface area (Å²) in [5.74, 6) is -0.224. The number of halogens is 1. The molecule has 18 heavy (non-hydrogen) atoms. The minimum absolute atomic E-state index is 0.224. The summed E-state index contributed by atoms with van der Waals surface area (Å²) in [7, 11) is 0. The number of aliphatic hydroxyl groups is 1. The predicted octanol–water partition coefficient (Wildman–Crippen LogP) is 0.873. The Kier molecular flexibility index (Phi) is 3.82. The van der Waals surface area contributed by atoms with Gasteiger partial charge in [0.15, 0.2) is 0 Å². The molecule has 0 aliphatic carbocycles. The van der Waals surface area contributed by atoms with Crippen molar-refractivity contribution >= 4 is 23.2 Å². The summed E-state index contributed by atoms with van der Waals surface area (Å²) in [6.07, 6.45) is -0.0921. The lowest BCUT2D eigenvalue weighted by molar-refractivity contribution is -0.117. The minimum atomic E-state index is -0.486. The first-order valence-electron chi connectivity index (χ1n) is 5.52. The molecule has 1 aliphatic heterocycles. The van der Waals surface area contributed by atoms with E-state index >= 15 is 0 Å². The normalized spacial score (nSPS) is 22.5. The molecule has 1 saturated heterocycles. The van der Waals surface area contributed by atoms with Crippen molar-refractivity contribution in [3.63, 3.8) is 0 Å². The molecular formula is C12H12ClN3O2. The second-order valence-electron chi connectivity index (χ2n) is 4.15. The maximum atomic E-state index is 11.8. The first kappa shape index (κ1) is 12.8. The number of rotatable bonds is 2.